The highest BCUT2D eigenvalue weighted by Crippen LogP contribution is 2.22. The van der Waals surface area contributed by atoms with Crippen LogP contribution in [0.3, 0.4) is 0 Å². The fourth-order valence-corrected chi connectivity index (χ4v) is 5.15. The van der Waals surface area contributed by atoms with E-state index in [9.17, 15) is 14.0 Å². The van der Waals surface area contributed by atoms with E-state index >= 15 is 0 Å². The fraction of sp³-hybridized carbons (Fsp3) is 0.367. The summed E-state index contributed by atoms with van der Waals surface area (Å²) in [6.45, 7) is 4.28. The lowest BCUT2D eigenvalue weighted by molar-refractivity contribution is -0.149. The normalized spacial score (nSPS) is 15.7. The molecule has 1 atom stereocenters. The molecular formula is C30H33FN4O4. The molecule has 39 heavy (non-hydrogen) atoms. The molecule has 1 N–H and O–H groups in total. The number of piperidine rings is 1. The van der Waals surface area contributed by atoms with Crippen molar-refractivity contribution >= 4 is 22.8 Å². The number of carbonyl (C=O) groups is 2. The number of rotatable bonds is 10. The summed E-state index contributed by atoms with van der Waals surface area (Å²) in [5.74, 6) is -0.741. The number of aromatic nitrogens is 2. The van der Waals surface area contributed by atoms with Gasteiger partial charge in [0.15, 0.2) is 5.69 Å². The third-order valence-electron chi connectivity index (χ3n) is 7.18. The number of nitrogens with one attached hydrogen (secondary N) is 1. The number of para-hydroxylation sites is 1. The molecule has 8 nitrogen and oxygen atoms in total. The number of fused-ring (bicyclic) bond motifs is 1. The number of oxazole rings is 1. The van der Waals surface area contributed by atoms with Gasteiger partial charge in [-0.3, -0.25) is 14.5 Å². The quantitative estimate of drug-likeness (QED) is 0.291. The minimum absolute atomic E-state index is 0.206. The maximum atomic E-state index is 14.5. The Kier molecular flexibility index (Phi) is 8.36. The van der Waals surface area contributed by atoms with Crippen LogP contribution in [-0.2, 0) is 29.0 Å². The van der Waals surface area contributed by atoms with Crippen LogP contribution in [0.25, 0.3) is 10.9 Å². The zero-order valence-corrected chi connectivity index (χ0v) is 22.1. The number of nitrogens with zero attached hydrogens (tertiary/aromatic N) is 3. The molecule has 4 aromatic rings. The van der Waals surface area contributed by atoms with Gasteiger partial charge < -0.3 is 19.0 Å². The summed E-state index contributed by atoms with van der Waals surface area (Å²) in [7, 11) is 0. The van der Waals surface area contributed by atoms with Crippen LogP contribution in [0.5, 0.6) is 0 Å². The second-order valence-electron chi connectivity index (χ2n) is 9.88. The van der Waals surface area contributed by atoms with Gasteiger partial charge in [-0.2, -0.15) is 0 Å². The Morgan fingerprint density at radius 3 is 2.82 bits per heavy atom. The molecule has 3 heterocycles. The number of benzene rings is 2. The van der Waals surface area contributed by atoms with E-state index in [-0.39, 0.29) is 29.3 Å². The van der Waals surface area contributed by atoms with Crippen LogP contribution < -0.4 is 0 Å². The predicted molar refractivity (Wildman–Crippen MR) is 144 cm³/mol. The van der Waals surface area contributed by atoms with Gasteiger partial charge in [-0.1, -0.05) is 36.4 Å². The molecule has 0 saturated carbocycles. The van der Waals surface area contributed by atoms with E-state index in [1.54, 1.807) is 24.0 Å². The summed E-state index contributed by atoms with van der Waals surface area (Å²) < 4.78 is 25.4. The first-order valence-electron chi connectivity index (χ1n) is 13.4. The second-order valence-corrected chi connectivity index (χ2v) is 9.88. The summed E-state index contributed by atoms with van der Waals surface area (Å²) in [4.78, 5) is 36.8. The standard InChI is InChI=1S/C30H33FN4O4/c1-2-38-30(37)23-9-7-14-35(18-23)29(36)27-20-39-28(33-27)19-34(17-22-8-3-5-11-25(22)31)15-13-21-16-32-26-12-6-4-10-24(21)26/h3-6,8,10-12,16,20,23,32H,2,7,9,13-15,17-19H2,1H3. The van der Waals surface area contributed by atoms with Gasteiger partial charge in [0.25, 0.3) is 5.91 Å². The number of ether oxygens (including phenoxy) is 1. The number of hydrogen-bond donors (Lipinski definition) is 1. The highest BCUT2D eigenvalue weighted by molar-refractivity contribution is 5.92. The Morgan fingerprint density at radius 2 is 1.97 bits per heavy atom. The number of likely N-dealkylation sites (tertiary alicyclic amines) is 1. The van der Waals surface area contributed by atoms with Gasteiger partial charge in [-0.25, -0.2) is 9.37 Å². The Balaban J connectivity index is 1.28. The molecule has 5 rings (SSSR count). The second kappa shape index (κ2) is 12.3. The third-order valence-corrected chi connectivity index (χ3v) is 7.18. The van der Waals surface area contributed by atoms with E-state index in [4.69, 9.17) is 9.15 Å². The Morgan fingerprint density at radius 1 is 1.15 bits per heavy atom. The van der Waals surface area contributed by atoms with Crippen LogP contribution in [0.4, 0.5) is 4.39 Å². The molecule has 0 radical (unpaired) electrons. The van der Waals surface area contributed by atoms with Crippen LogP contribution in [-0.4, -0.2) is 57.9 Å². The average molecular weight is 533 g/mol. The Bertz CT molecular complexity index is 1430. The van der Waals surface area contributed by atoms with Gasteiger partial charge in [-0.05, 0) is 43.9 Å². The SMILES string of the molecule is CCOC(=O)C1CCCN(C(=O)c2coc(CN(CCc3c[nH]c4ccccc34)Cc3ccccc3F)n2)C1. The first-order chi connectivity index (χ1) is 19.0. The molecule has 1 saturated heterocycles. The molecule has 1 unspecified atom stereocenters. The number of hydrogen-bond acceptors (Lipinski definition) is 6. The van der Waals surface area contributed by atoms with Crippen molar-refractivity contribution in [2.75, 3.05) is 26.2 Å². The molecule has 2 aromatic carbocycles. The number of halogens is 1. The highest BCUT2D eigenvalue weighted by Gasteiger charge is 2.31. The molecule has 1 aliphatic rings. The minimum atomic E-state index is -0.324. The zero-order chi connectivity index (χ0) is 27.2. The summed E-state index contributed by atoms with van der Waals surface area (Å²) in [6.07, 6.45) is 5.55. The first-order valence-corrected chi connectivity index (χ1v) is 13.4. The lowest BCUT2D eigenvalue weighted by Gasteiger charge is -2.30. The lowest BCUT2D eigenvalue weighted by Crippen LogP contribution is -2.43. The van der Waals surface area contributed by atoms with Crippen molar-refractivity contribution in [2.45, 2.75) is 39.3 Å². The van der Waals surface area contributed by atoms with Gasteiger partial charge in [0, 0.05) is 48.8 Å². The van der Waals surface area contributed by atoms with E-state index in [0.29, 0.717) is 57.2 Å². The van der Waals surface area contributed by atoms with E-state index in [1.165, 1.54) is 17.9 Å². The van der Waals surface area contributed by atoms with Crippen LogP contribution in [0, 0.1) is 11.7 Å². The zero-order valence-electron chi connectivity index (χ0n) is 22.1. The molecule has 0 bridgehead atoms. The first kappa shape index (κ1) is 26.6. The summed E-state index contributed by atoms with van der Waals surface area (Å²) in [5.41, 5.74) is 3.04. The molecule has 2 aromatic heterocycles. The van der Waals surface area contributed by atoms with E-state index < -0.39 is 0 Å². The van der Waals surface area contributed by atoms with Crippen LogP contribution in [0.1, 0.15) is 47.3 Å². The van der Waals surface area contributed by atoms with Crippen molar-refractivity contribution in [1.82, 2.24) is 19.8 Å². The topological polar surface area (TPSA) is 91.7 Å². The smallest absolute Gasteiger partial charge is 0.310 e. The number of carbonyl (C=O) groups excluding carboxylic acids is 2. The summed E-state index contributed by atoms with van der Waals surface area (Å²) in [6, 6.07) is 14.9. The molecule has 1 amide bonds. The fourth-order valence-electron chi connectivity index (χ4n) is 5.15. The molecule has 9 heteroatoms. The van der Waals surface area contributed by atoms with Crippen molar-refractivity contribution in [1.29, 1.82) is 0 Å². The monoisotopic (exact) mass is 532 g/mol. The van der Waals surface area contributed by atoms with Crippen LogP contribution >= 0.6 is 0 Å². The Labute approximate surface area is 226 Å². The van der Waals surface area contributed by atoms with Crippen molar-refractivity contribution in [3.05, 3.63) is 89.5 Å². The summed E-state index contributed by atoms with van der Waals surface area (Å²) in [5, 5.41) is 1.16. The molecule has 0 spiro atoms. The van der Waals surface area contributed by atoms with Crippen molar-refractivity contribution in [2.24, 2.45) is 5.92 Å². The molecule has 1 fully saturated rings. The van der Waals surface area contributed by atoms with Crippen molar-refractivity contribution in [3.8, 4) is 0 Å². The number of H-pyrrole nitrogens is 1. The van der Waals surface area contributed by atoms with Gasteiger partial charge in [0.05, 0.1) is 19.1 Å². The minimum Gasteiger partial charge on any atom is -0.466 e. The van der Waals surface area contributed by atoms with Crippen LogP contribution in [0.15, 0.2) is 65.4 Å². The highest BCUT2D eigenvalue weighted by atomic mass is 19.1. The van der Waals surface area contributed by atoms with Gasteiger partial charge in [-0.15, -0.1) is 0 Å². The van der Waals surface area contributed by atoms with Gasteiger partial charge >= 0.3 is 5.97 Å². The van der Waals surface area contributed by atoms with E-state index in [0.717, 1.165) is 23.7 Å². The number of amides is 1. The Hall–Kier alpha value is -3.98. The number of esters is 1. The molecular weight excluding hydrogens is 499 g/mol. The van der Waals surface area contributed by atoms with Gasteiger partial charge in [0.1, 0.15) is 12.1 Å². The lowest BCUT2D eigenvalue weighted by atomic mass is 9.98. The van der Waals surface area contributed by atoms with E-state index in [2.05, 4.69) is 20.9 Å². The predicted octanol–water partition coefficient (Wildman–Crippen LogP) is 4.96. The molecule has 204 valence electrons. The molecule has 0 aliphatic carbocycles. The van der Waals surface area contributed by atoms with E-state index in [1.807, 2.05) is 30.5 Å². The van der Waals surface area contributed by atoms with Crippen molar-refractivity contribution in [3.63, 3.8) is 0 Å². The largest absolute Gasteiger partial charge is 0.466 e. The van der Waals surface area contributed by atoms with Crippen molar-refractivity contribution < 1.29 is 23.1 Å². The average Bonchev–Trinajstić information content (AvgIpc) is 3.60. The maximum absolute atomic E-state index is 14.5. The number of aromatic amines is 1. The third kappa shape index (κ3) is 6.37. The van der Waals surface area contributed by atoms with Crippen LogP contribution in [0.2, 0.25) is 0 Å². The molecule has 1 aliphatic heterocycles. The maximum Gasteiger partial charge on any atom is 0.310 e. The van der Waals surface area contributed by atoms with Gasteiger partial charge in [0.2, 0.25) is 5.89 Å². The summed E-state index contributed by atoms with van der Waals surface area (Å²) >= 11 is 0.